The maximum Gasteiger partial charge on any atom is 0.339 e. The Hall–Kier alpha value is -3.92. The van der Waals surface area contributed by atoms with E-state index in [1.165, 1.54) is 23.7 Å². The summed E-state index contributed by atoms with van der Waals surface area (Å²) in [6.07, 6.45) is -1.28. The Morgan fingerprint density at radius 1 is 1.19 bits per heavy atom. The number of hydrogen-bond donors (Lipinski definition) is 1. The second-order valence-electron chi connectivity index (χ2n) is 6.90. The zero-order valence-corrected chi connectivity index (χ0v) is 18.1. The summed E-state index contributed by atoms with van der Waals surface area (Å²) in [4.78, 5) is 48.1. The van der Waals surface area contributed by atoms with Gasteiger partial charge in [0.2, 0.25) is 0 Å². The second-order valence-corrected chi connectivity index (χ2v) is 7.30. The minimum Gasteiger partial charge on any atom is -0.449 e. The fourth-order valence-corrected chi connectivity index (χ4v) is 3.19. The number of para-hydroxylation sites is 1. The van der Waals surface area contributed by atoms with Crippen LogP contribution in [0.15, 0.2) is 53.3 Å². The van der Waals surface area contributed by atoms with Crippen molar-refractivity contribution in [3.8, 4) is 5.69 Å². The first-order valence-electron chi connectivity index (χ1n) is 9.41. The van der Waals surface area contributed by atoms with Gasteiger partial charge in [0.1, 0.15) is 10.7 Å². The Kier molecular flexibility index (Phi) is 6.45. The molecule has 3 rings (SSSR count). The second kappa shape index (κ2) is 9.06. The van der Waals surface area contributed by atoms with Gasteiger partial charge in [-0.15, -0.1) is 0 Å². The van der Waals surface area contributed by atoms with Crippen LogP contribution < -0.4 is 10.9 Å². The highest BCUT2D eigenvalue weighted by molar-refractivity contribution is 6.32. The minimum absolute atomic E-state index is 0.0476. The molecule has 0 radical (unpaired) electrons. The summed E-state index contributed by atoms with van der Waals surface area (Å²) < 4.78 is 8.11. The Morgan fingerprint density at radius 2 is 1.84 bits per heavy atom. The van der Waals surface area contributed by atoms with Crippen LogP contribution in [0.4, 0.5) is 11.4 Å². The first-order valence-corrected chi connectivity index (χ1v) is 9.79. The molecule has 10 nitrogen and oxygen atoms in total. The molecule has 1 heterocycles. The van der Waals surface area contributed by atoms with Gasteiger partial charge in [-0.3, -0.25) is 24.4 Å². The molecule has 32 heavy (non-hydrogen) atoms. The third kappa shape index (κ3) is 4.40. The monoisotopic (exact) mass is 458 g/mol. The zero-order chi connectivity index (χ0) is 23.6. The van der Waals surface area contributed by atoms with Gasteiger partial charge in [0, 0.05) is 13.1 Å². The summed E-state index contributed by atoms with van der Waals surface area (Å²) in [5.74, 6) is -1.67. The van der Waals surface area contributed by atoms with Crippen molar-refractivity contribution in [2.75, 3.05) is 5.32 Å². The summed E-state index contributed by atoms with van der Waals surface area (Å²) in [5.41, 5.74) is 0.122. The van der Waals surface area contributed by atoms with E-state index >= 15 is 0 Å². The summed E-state index contributed by atoms with van der Waals surface area (Å²) in [5, 5.41) is 13.4. The molecule has 1 atom stereocenters. The maximum atomic E-state index is 12.9. The van der Waals surface area contributed by atoms with Crippen LogP contribution >= 0.6 is 11.6 Å². The molecule has 0 saturated carbocycles. The quantitative estimate of drug-likeness (QED) is 0.343. The lowest BCUT2D eigenvalue weighted by Crippen LogP contribution is -2.32. The molecule has 11 heteroatoms. The van der Waals surface area contributed by atoms with Gasteiger partial charge < -0.3 is 10.1 Å². The fourth-order valence-electron chi connectivity index (χ4n) is 3.00. The zero-order valence-electron chi connectivity index (χ0n) is 17.4. The van der Waals surface area contributed by atoms with Gasteiger partial charge in [0.15, 0.2) is 6.10 Å². The number of nitro benzene ring substituents is 1. The van der Waals surface area contributed by atoms with Crippen molar-refractivity contribution in [1.82, 2.24) is 9.36 Å². The van der Waals surface area contributed by atoms with Crippen LogP contribution in [-0.2, 0) is 16.6 Å². The molecule has 0 aliphatic carbocycles. The first-order chi connectivity index (χ1) is 15.1. The van der Waals surface area contributed by atoms with Crippen molar-refractivity contribution in [1.29, 1.82) is 0 Å². The molecule has 2 aromatic carbocycles. The molecular formula is C21H19ClN4O6. The van der Waals surface area contributed by atoms with Gasteiger partial charge >= 0.3 is 5.97 Å². The molecule has 0 spiro atoms. The molecule has 0 bridgehead atoms. The predicted octanol–water partition coefficient (Wildman–Crippen LogP) is 3.23. The maximum absolute atomic E-state index is 12.9. The lowest BCUT2D eigenvalue weighted by Gasteiger charge is -2.13. The van der Waals surface area contributed by atoms with Crippen molar-refractivity contribution in [2.45, 2.75) is 20.0 Å². The van der Waals surface area contributed by atoms with Gasteiger partial charge in [-0.2, -0.15) is 0 Å². The number of ether oxygens (including phenoxy) is 1. The van der Waals surface area contributed by atoms with E-state index < -0.39 is 34.2 Å². The summed E-state index contributed by atoms with van der Waals surface area (Å²) in [6, 6.07) is 12.3. The Morgan fingerprint density at radius 3 is 2.47 bits per heavy atom. The molecule has 0 aliphatic heterocycles. The van der Waals surface area contributed by atoms with Crippen molar-refractivity contribution in [2.24, 2.45) is 7.05 Å². The van der Waals surface area contributed by atoms with Gasteiger partial charge in [-0.1, -0.05) is 29.8 Å². The van der Waals surface area contributed by atoms with Crippen molar-refractivity contribution in [3.63, 3.8) is 0 Å². The van der Waals surface area contributed by atoms with E-state index in [9.17, 15) is 24.5 Å². The predicted molar refractivity (Wildman–Crippen MR) is 117 cm³/mol. The molecule has 3 aromatic rings. The Balaban J connectivity index is 1.78. The number of amides is 1. The first kappa shape index (κ1) is 22.8. The van der Waals surface area contributed by atoms with E-state index in [1.807, 2.05) is 6.07 Å². The van der Waals surface area contributed by atoms with Crippen LogP contribution in [0, 0.1) is 17.0 Å². The molecular weight excluding hydrogens is 440 g/mol. The van der Waals surface area contributed by atoms with Crippen molar-refractivity contribution in [3.05, 3.63) is 85.3 Å². The number of nitro groups is 1. The van der Waals surface area contributed by atoms with Gasteiger partial charge in [-0.25, -0.2) is 9.48 Å². The number of anilines is 1. The molecule has 0 saturated heterocycles. The number of carbonyl (C=O) groups is 2. The average molecular weight is 459 g/mol. The highest BCUT2D eigenvalue weighted by atomic mass is 35.5. The number of halogens is 1. The average Bonchev–Trinajstić information content (AvgIpc) is 2.97. The van der Waals surface area contributed by atoms with E-state index in [0.29, 0.717) is 11.4 Å². The van der Waals surface area contributed by atoms with Crippen LogP contribution in [0.25, 0.3) is 5.69 Å². The van der Waals surface area contributed by atoms with E-state index in [1.54, 1.807) is 42.9 Å². The normalized spacial score (nSPS) is 11.6. The third-order valence-electron chi connectivity index (χ3n) is 4.83. The highest BCUT2D eigenvalue weighted by Gasteiger charge is 2.25. The number of rotatable bonds is 6. The Bertz CT molecular complexity index is 1270. The van der Waals surface area contributed by atoms with Crippen LogP contribution in [0.1, 0.15) is 23.0 Å². The standard InChI is InChI=1S/C21H19ClN4O6/c1-12-18(20(28)25(24(12)3)15-7-5-4-6-8-15)23-19(27)13(2)32-21(29)14-9-10-16(22)17(11-14)26(30)31/h4-11,13H,1-3H3,(H,23,27). The van der Waals surface area contributed by atoms with E-state index in [2.05, 4.69) is 5.32 Å². The van der Waals surface area contributed by atoms with Crippen LogP contribution in [0.5, 0.6) is 0 Å². The number of esters is 1. The van der Waals surface area contributed by atoms with Crippen LogP contribution in [0.3, 0.4) is 0 Å². The number of hydrogen-bond acceptors (Lipinski definition) is 6. The molecule has 0 aliphatic rings. The van der Waals surface area contributed by atoms with Gasteiger partial charge in [0.25, 0.3) is 17.2 Å². The SMILES string of the molecule is Cc1c(NC(=O)C(C)OC(=O)c2ccc(Cl)c([N+](=O)[O-])c2)c(=O)n(-c2ccccc2)n1C. The highest BCUT2D eigenvalue weighted by Crippen LogP contribution is 2.25. The fraction of sp³-hybridized carbons (Fsp3) is 0.190. The number of carbonyl (C=O) groups excluding carboxylic acids is 2. The van der Waals surface area contributed by atoms with Crippen molar-refractivity contribution >= 4 is 34.9 Å². The van der Waals surface area contributed by atoms with Crippen molar-refractivity contribution < 1.29 is 19.2 Å². The van der Waals surface area contributed by atoms with Crippen LogP contribution in [0.2, 0.25) is 5.02 Å². The van der Waals surface area contributed by atoms with E-state index in [-0.39, 0.29) is 16.3 Å². The molecule has 1 N–H and O–H groups in total. The van der Waals surface area contributed by atoms with Gasteiger partial charge in [0.05, 0.1) is 21.9 Å². The topological polar surface area (TPSA) is 125 Å². The van der Waals surface area contributed by atoms with E-state index in [4.69, 9.17) is 16.3 Å². The number of benzene rings is 2. The molecule has 1 aromatic heterocycles. The number of aromatic nitrogens is 2. The molecule has 1 unspecified atom stereocenters. The minimum atomic E-state index is -1.28. The number of nitrogens with one attached hydrogen (secondary N) is 1. The summed E-state index contributed by atoms with van der Waals surface area (Å²) in [7, 11) is 1.68. The molecule has 1 amide bonds. The lowest BCUT2D eigenvalue weighted by molar-refractivity contribution is -0.384. The van der Waals surface area contributed by atoms with Crippen LogP contribution in [-0.4, -0.2) is 32.3 Å². The lowest BCUT2D eigenvalue weighted by atomic mass is 10.2. The van der Waals surface area contributed by atoms with Gasteiger partial charge in [-0.05, 0) is 38.1 Å². The van der Waals surface area contributed by atoms with E-state index in [0.717, 1.165) is 6.07 Å². The summed E-state index contributed by atoms with van der Waals surface area (Å²) in [6.45, 7) is 2.99. The largest absolute Gasteiger partial charge is 0.449 e. The third-order valence-corrected chi connectivity index (χ3v) is 5.15. The summed E-state index contributed by atoms with van der Waals surface area (Å²) >= 11 is 5.74. The smallest absolute Gasteiger partial charge is 0.339 e. The number of nitrogens with zero attached hydrogens (tertiary/aromatic N) is 3. The molecule has 0 fully saturated rings. The molecule has 166 valence electrons. The Labute approximate surface area is 187 Å².